The van der Waals surface area contributed by atoms with E-state index in [1.165, 1.54) is 18.4 Å². The van der Waals surface area contributed by atoms with Crippen molar-refractivity contribution in [2.24, 2.45) is 5.73 Å². The van der Waals surface area contributed by atoms with Gasteiger partial charge in [0.25, 0.3) is 0 Å². The molecule has 18 heavy (non-hydrogen) atoms. The van der Waals surface area contributed by atoms with Crippen LogP contribution in [0.2, 0.25) is 0 Å². The highest BCUT2D eigenvalue weighted by molar-refractivity contribution is 9.10. The Morgan fingerprint density at radius 1 is 1.50 bits per heavy atom. The number of methoxy groups -OCH3 is 1. The molecule has 0 aromatic heterocycles. The Balaban J connectivity index is 2.13. The molecule has 2 rings (SSSR count). The minimum absolute atomic E-state index is 0.296. The highest BCUT2D eigenvalue weighted by Crippen LogP contribution is 2.34. The lowest BCUT2D eigenvalue weighted by Gasteiger charge is -2.31. The average molecular weight is 313 g/mol. The second-order valence-corrected chi connectivity index (χ2v) is 5.68. The van der Waals surface area contributed by atoms with Crippen molar-refractivity contribution in [2.75, 3.05) is 26.8 Å². The zero-order valence-electron chi connectivity index (χ0n) is 10.8. The van der Waals surface area contributed by atoms with E-state index in [-0.39, 0.29) is 0 Å². The maximum atomic E-state index is 6.00. The number of halogens is 1. The molecular formula is C14H21BrN2O. The van der Waals surface area contributed by atoms with E-state index in [0.29, 0.717) is 18.6 Å². The van der Waals surface area contributed by atoms with E-state index < -0.39 is 0 Å². The number of benzene rings is 1. The summed E-state index contributed by atoms with van der Waals surface area (Å²) in [7, 11) is 1.75. The van der Waals surface area contributed by atoms with Crippen LogP contribution in [0.5, 0.6) is 0 Å². The quantitative estimate of drug-likeness (QED) is 0.841. The van der Waals surface area contributed by atoms with Crippen LogP contribution in [-0.2, 0) is 4.74 Å². The number of ether oxygens (including phenoxy) is 1. The van der Waals surface area contributed by atoms with Gasteiger partial charge in [-0.1, -0.05) is 28.1 Å². The number of hydrogen-bond acceptors (Lipinski definition) is 3. The normalized spacial score (nSPS) is 17.1. The van der Waals surface area contributed by atoms with Crippen LogP contribution < -0.4 is 5.73 Å². The van der Waals surface area contributed by atoms with E-state index in [2.05, 4.69) is 39.0 Å². The molecule has 0 radical (unpaired) electrons. The zero-order valence-corrected chi connectivity index (χ0v) is 12.4. The molecule has 1 aromatic rings. The lowest BCUT2D eigenvalue weighted by Crippen LogP contribution is -2.37. The molecule has 1 saturated carbocycles. The Hall–Kier alpha value is -0.420. The van der Waals surface area contributed by atoms with Gasteiger partial charge in [0.1, 0.15) is 0 Å². The Morgan fingerprint density at radius 3 is 2.83 bits per heavy atom. The van der Waals surface area contributed by atoms with Crippen LogP contribution in [0.25, 0.3) is 0 Å². The SMILES string of the molecule is COCCN(C1CC1)C(CN)c1cccc(Br)c1. The molecule has 1 aliphatic carbocycles. The van der Waals surface area contributed by atoms with Crippen molar-refractivity contribution < 1.29 is 4.74 Å². The van der Waals surface area contributed by atoms with E-state index in [1.54, 1.807) is 7.11 Å². The molecule has 1 aliphatic rings. The second kappa shape index (κ2) is 6.66. The van der Waals surface area contributed by atoms with Crippen molar-refractivity contribution in [2.45, 2.75) is 24.9 Å². The summed E-state index contributed by atoms with van der Waals surface area (Å²) < 4.78 is 6.32. The number of nitrogens with two attached hydrogens (primary N) is 1. The molecule has 100 valence electrons. The molecule has 3 nitrogen and oxygen atoms in total. The molecule has 1 unspecified atom stereocenters. The largest absolute Gasteiger partial charge is 0.383 e. The van der Waals surface area contributed by atoms with Crippen LogP contribution >= 0.6 is 15.9 Å². The van der Waals surface area contributed by atoms with Crippen molar-refractivity contribution in [3.8, 4) is 0 Å². The van der Waals surface area contributed by atoms with E-state index in [0.717, 1.165) is 17.6 Å². The Kier molecular flexibility index (Phi) is 5.18. The minimum atomic E-state index is 0.296. The first-order chi connectivity index (χ1) is 8.76. The van der Waals surface area contributed by atoms with E-state index in [1.807, 2.05) is 6.07 Å². The van der Waals surface area contributed by atoms with E-state index in [4.69, 9.17) is 10.5 Å². The average Bonchev–Trinajstić information content (AvgIpc) is 3.18. The zero-order chi connectivity index (χ0) is 13.0. The first-order valence-electron chi connectivity index (χ1n) is 6.46. The van der Waals surface area contributed by atoms with Gasteiger partial charge in [-0.3, -0.25) is 4.90 Å². The van der Waals surface area contributed by atoms with Gasteiger partial charge in [-0.05, 0) is 30.5 Å². The molecule has 0 amide bonds. The van der Waals surface area contributed by atoms with Crippen LogP contribution in [0, 0.1) is 0 Å². The van der Waals surface area contributed by atoms with Gasteiger partial charge in [-0.15, -0.1) is 0 Å². The predicted molar refractivity (Wildman–Crippen MR) is 77.5 cm³/mol. The van der Waals surface area contributed by atoms with Crippen LogP contribution in [0.4, 0.5) is 0 Å². The lowest BCUT2D eigenvalue weighted by atomic mass is 10.1. The van der Waals surface area contributed by atoms with E-state index >= 15 is 0 Å². The Bertz CT molecular complexity index is 382. The van der Waals surface area contributed by atoms with Crippen LogP contribution in [-0.4, -0.2) is 37.7 Å². The van der Waals surface area contributed by atoms with Crippen LogP contribution in [0.15, 0.2) is 28.7 Å². The summed E-state index contributed by atoms with van der Waals surface area (Å²) in [6.07, 6.45) is 2.57. The number of nitrogens with zero attached hydrogens (tertiary/aromatic N) is 1. The number of rotatable bonds is 7. The second-order valence-electron chi connectivity index (χ2n) is 4.77. The van der Waals surface area contributed by atoms with Gasteiger partial charge in [0.15, 0.2) is 0 Å². The van der Waals surface area contributed by atoms with Gasteiger partial charge in [0.05, 0.1) is 6.61 Å². The molecule has 1 fully saturated rings. The maximum absolute atomic E-state index is 6.00. The smallest absolute Gasteiger partial charge is 0.0590 e. The van der Waals surface area contributed by atoms with Gasteiger partial charge < -0.3 is 10.5 Å². The summed E-state index contributed by atoms with van der Waals surface area (Å²) in [4.78, 5) is 2.49. The first-order valence-corrected chi connectivity index (χ1v) is 7.25. The van der Waals surface area contributed by atoms with Crippen molar-refractivity contribution in [1.82, 2.24) is 4.90 Å². The van der Waals surface area contributed by atoms with Gasteiger partial charge in [-0.25, -0.2) is 0 Å². The molecule has 1 atom stereocenters. The fraction of sp³-hybridized carbons (Fsp3) is 0.571. The number of hydrogen-bond donors (Lipinski definition) is 1. The highest BCUT2D eigenvalue weighted by Gasteiger charge is 2.33. The van der Waals surface area contributed by atoms with Crippen LogP contribution in [0.1, 0.15) is 24.4 Å². The van der Waals surface area contributed by atoms with Gasteiger partial charge in [0.2, 0.25) is 0 Å². The summed E-state index contributed by atoms with van der Waals surface area (Å²) in [5.41, 5.74) is 7.28. The topological polar surface area (TPSA) is 38.5 Å². The predicted octanol–water partition coefficient (Wildman–Crippen LogP) is 2.56. The minimum Gasteiger partial charge on any atom is -0.383 e. The third-order valence-corrected chi connectivity index (χ3v) is 3.92. The summed E-state index contributed by atoms with van der Waals surface area (Å²) in [5, 5.41) is 0. The molecule has 0 saturated heterocycles. The third kappa shape index (κ3) is 3.54. The molecular weight excluding hydrogens is 292 g/mol. The summed E-state index contributed by atoms with van der Waals surface area (Å²) >= 11 is 3.53. The van der Waals surface area contributed by atoms with Crippen molar-refractivity contribution in [3.63, 3.8) is 0 Å². The summed E-state index contributed by atoms with van der Waals surface area (Å²) in [5.74, 6) is 0. The van der Waals surface area contributed by atoms with Crippen molar-refractivity contribution >= 4 is 15.9 Å². The standard InChI is InChI=1S/C14H21BrN2O/c1-18-8-7-17(13-5-6-13)14(10-16)11-3-2-4-12(15)9-11/h2-4,9,13-14H,5-8,10,16H2,1H3. The van der Waals surface area contributed by atoms with E-state index in [9.17, 15) is 0 Å². The summed E-state index contributed by atoms with van der Waals surface area (Å²) in [6.45, 7) is 2.37. The lowest BCUT2D eigenvalue weighted by molar-refractivity contribution is 0.115. The summed E-state index contributed by atoms with van der Waals surface area (Å²) in [6, 6.07) is 9.43. The fourth-order valence-corrected chi connectivity index (χ4v) is 2.79. The Labute approximate surface area is 117 Å². The maximum Gasteiger partial charge on any atom is 0.0590 e. The Morgan fingerprint density at radius 2 is 2.28 bits per heavy atom. The molecule has 0 spiro atoms. The van der Waals surface area contributed by atoms with Crippen molar-refractivity contribution in [1.29, 1.82) is 0 Å². The van der Waals surface area contributed by atoms with Gasteiger partial charge in [-0.2, -0.15) is 0 Å². The third-order valence-electron chi connectivity index (χ3n) is 3.43. The molecule has 4 heteroatoms. The van der Waals surface area contributed by atoms with Gasteiger partial charge in [0, 0.05) is 36.8 Å². The van der Waals surface area contributed by atoms with Gasteiger partial charge >= 0.3 is 0 Å². The van der Waals surface area contributed by atoms with Crippen LogP contribution in [0.3, 0.4) is 0 Å². The monoisotopic (exact) mass is 312 g/mol. The molecule has 0 aliphatic heterocycles. The molecule has 0 heterocycles. The molecule has 2 N–H and O–H groups in total. The van der Waals surface area contributed by atoms with Crippen molar-refractivity contribution in [3.05, 3.63) is 34.3 Å². The fourth-order valence-electron chi connectivity index (χ4n) is 2.37. The first kappa shape index (κ1) is 14.0. The molecule has 1 aromatic carbocycles. The highest BCUT2D eigenvalue weighted by atomic mass is 79.9. The molecule has 0 bridgehead atoms.